The SMILES string of the molecule is Cc1cc(C#N)ncc1Oc1cc(N/C(N)=C/C=C(\N)N2CCOC(C)(C)C2)c2ncn(C)c2n1. The predicted molar refractivity (Wildman–Crippen MR) is 132 cm³/mol. The predicted octanol–water partition coefficient (Wildman–Crippen LogP) is 2.46. The van der Waals surface area contributed by atoms with E-state index >= 15 is 0 Å². The molecule has 1 aliphatic heterocycles. The number of pyridine rings is 2. The van der Waals surface area contributed by atoms with Crippen LogP contribution >= 0.6 is 0 Å². The third kappa shape index (κ3) is 5.44. The summed E-state index contributed by atoms with van der Waals surface area (Å²) >= 11 is 0. The van der Waals surface area contributed by atoms with Gasteiger partial charge in [0, 0.05) is 26.2 Å². The molecule has 5 N–H and O–H groups in total. The van der Waals surface area contributed by atoms with Crippen molar-refractivity contribution >= 4 is 16.9 Å². The number of aromatic nitrogens is 4. The number of allylic oxidation sites excluding steroid dienone is 2. The summed E-state index contributed by atoms with van der Waals surface area (Å²) in [5.41, 5.74) is 15.2. The molecule has 0 spiro atoms. The fraction of sp³-hybridized carbons (Fsp3) is 0.333. The van der Waals surface area contributed by atoms with Gasteiger partial charge in [0.05, 0.1) is 36.2 Å². The van der Waals surface area contributed by atoms with Crippen LogP contribution in [0.4, 0.5) is 5.69 Å². The minimum absolute atomic E-state index is 0.259. The molecule has 1 fully saturated rings. The molecule has 182 valence electrons. The first kappa shape index (κ1) is 23.8. The summed E-state index contributed by atoms with van der Waals surface area (Å²) in [4.78, 5) is 15.1. The standard InChI is InChI=1S/C24H29N9O2/c1-15-9-16(11-25)28-12-18(15)35-21-10-17(22-23(31-21)32(4)14-29-22)30-19(26)5-6-20(27)33-7-8-34-24(2,3)13-33/h5-6,9-10,12,14H,7-8,13,26-27H2,1-4H3,(H,30,31)/b19-5+,20-6+. The molecule has 11 nitrogen and oxygen atoms in total. The number of nitriles is 1. The van der Waals surface area contributed by atoms with Crippen molar-refractivity contribution in [2.24, 2.45) is 18.5 Å². The van der Waals surface area contributed by atoms with E-state index in [0.717, 1.165) is 12.1 Å². The number of nitrogens with zero attached hydrogens (tertiary/aromatic N) is 6. The van der Waals surface area contributed by atoms with Gasteiger partial charge in [0.1, 0.15) is 23.1 Å². The molecule has 4 heterocycles. The van der Waals surface area contributed by atoms with E-state index in [4.69, 9.17) is 26.2 Å². The van der Waals surface area contributed by atoms with Gasteiger partial charge in [0.15, 0.2) is 11.4 Å². The number of nitrogens with two attached hydrogens (primary N) is 2. The highest BCUT2D eigenvalue weighted by molar-refractivity contribution is 5.87. The monoisotopic (exact) mass is 475 g/mol. The number of aryl methyl sites for hydroxylation is 2. The van der Waals surface area contributed by atoms with Gasteiger partial charge in [-0.05, 0) is 44.6 Å². The van der Waals surface area contributed by atoms with Gasteiger partial charge in [0.25, 0.3) is 0 Å². The first-order valence-electron chi connectivity index (χ1n) is 11.1. The van der Waals surface area contributed by atoms with Gasteiger partial charge in [-0.15, -0.1) is 0 Å². The minimum Gasteiger partial charge on any atom is -0.437 e. The van der Waals surface area contributed by atoms with Crippen LogP contribution in [0.5, 0.6) is 11.6 Å². The fourth-order valence-corrected chi connectivity index (χ4v) is 3.76. The molecule has 3 aromatic heterocycles. The molecule has 1 saturated heterocycles. The van der Waals surface area contributed by atoms with E-state index in [1.807, 2.05) is 33.9 Å². The van der Waals surface area contributed by atoms with Gasteiger partial charge in [-0.25, -0.2) is 9.97 Å². The highest BCUT2D eigenvalue weighted by atomic mass is 16.5. The number of rotatable bonds is 6. The second kappa shape index (κ2) is 9.52. The van der Waals surface area contributed by atoms with Crippen LogP contribution in [-0.4, -0.2) is 49.7 Å². The Bertz CT molecular complexity index is 1350. The second-order valence-corrected chi connectivity index (χ2v) is 8.95. The smallest absolute Gasteiger partial charge is 0.223 e. The molecular weight excluding hydrogens is 446 g/mol. The lowest BCUT2D eigenvalue weighted by Crippen LogP contribution is -2.48. The maximum absolute atomic E-state index is 9.04. The number of fused-ring (bicyclic) bond motifs is 1. The zero-order valence-corrected chi connectivity index (χ0v) is 20.2. The summed E-state index contributed by atoms with van der Waals surface area (Å²) in [6.07, 6.45) is 6.65. The molecule has 1 aliphatic rings. The minimum atomic E-state index is -0.259. The lowest BCUT2D eigenvalue weighted by atomic mass is 10.1. The van der Waals surface area contributed by atoms with Crippen molar-refractivity contribution in [3.8, 4) is 17.7 Å². The summed E-state index contributed by atoms with van der Waals surface area (Å²) in [5, 5.41) is 12.2. The molecule has 11 heteroatoms. The Kier molecular flexibility index (Phi) is 6.48. The molecule has 35 heavy (non-hydrogen) atoms. The lowest BCUT2D eigenvalue weighted by molar-refractivity contribution is -0.0770. The molecule has 0 atom stereocenters. The topological polar surface area (TPSA) is 153 Å². The van der Waals surface area contributed by atoms with Crippen molar-refractivity contribution in [2.75, 3.05) is 25.0 Å². The molecule has 0 amide bonds. The highest BCUT2D eigenvalue weighted by Crippen LogP contribution is 2.30. The fourth-order valence-electron chi connectivity index (χ4n) is 3.76. The van der Waals surface area contributed by atoms with E-state index < -0.39 is 0 Å². The first-order chi connectivity index (χ1) is 16.6. The Morgan fingerprint density at radius 3 is 2.80 bits per heavy atom. The van der Waals surface area contributed by atoms with Crippen LogP contribution in [0.1, 0.15) is 25.1 Å². The van der Waals surface area contributed by atoms with Gasteiger partial charge in [-0.1, -0.05) is 0 Å². The van der Waals surface area contributed by atoms with Crippen LogP contribution in [0, 0.1) is 18.3 Å². The average molecular weight is 476 g/mol. The number of morpholine rings is 1. The van der Waals surface area contributed by atoms with Gasteiger partial charge in [-0.3, -0.25) is 0 Å². The normalized spacial score (nSPS) is 16.3. The van der Waals surface area contributed by atoms with Crippen LogP contribution in [0.3, 0.4) is 0 Å². The van der Waals surface area contributed by atoms with Crippen molar-refractivity contribution in [1.82, 2.24) is 24.4 Å². The number of imidazole rings is 1. The summed E-state index contributed by atoms with van der Waals surface area (Å²) in [6.45, 7) is 7.94. The summed E-state index contributed by atoms with van der Waals surface area (Å²) in [6, 6.07) is 5.39. The molecule has 0 bridgehead atoms. The molecule has 3 aromatic rings. The summed E-state index contributed by atoms with van der Waals surface area (Å²) in [7, 11) is 1.84. The van der Waals surface area contributed by atoms with Gasteiger partial charge in [0.2, 0.25) is 5.88 Å². The molecule has 0 radical (unpaired) electrons. The van der Waals surface area contributed by atoms with E-state index in [1.165, 1.54) is 6.20 Å². The lowest BCUT2D eigenvalue weighted by Gasteiger charge is -2.39. The van der Waals surface area contributed by atoms with Crippen molar-refractivity contribution in [3.05, 3.63) is 59.7 Å². The van der Waals surface area contributed by atoms with E-state index in [-0.39, 0.29) is 5.60 Å². The largest absolute Gasteiger partial charge is 0.437 e. The van der Waals surface area contributed by atoms with E-state index in [0.29, 0.717) is 59.0 Å². The van der Waals surface area contributed by atoms with E-state index in [9.17, 15) is 0 Å². The number of anilines is 1. The Morgan fingerprint density at radius 2 is 2.09 bits per heavy atom. The van der Waals surface area contributed by atoms with Crippen molar-refractivity contribution in [3.63, 3.8) is 0 Å². The van der Waals surface area contributed by atoms with Crippen molar-refractivity contribution in [2.45, 2.75) is 26.4 Å². The van der Waals surface area contributed by atoms with Crippen LogP contribution in [-0.2, 0) is 11.8 Å². The Balaban J connectivity index is 1.58. The summed E-state index contributed by atoms with van der Waals surface area (Å²) < 4.78 is 13.5. The number of hydrogen-bond acceptors (Lipinski definition) is 10. The molecule has 4 rings (SSSR count). The number of ether oxygens (including phenoxy) is 2. The third-order valence-electron chi connectivity index (χ3n) is 5.54. The average Bonchev–Trinajstić information content (AvgIpc) is 3.19. The maximum Gasteiger partial charge on any atom is 0.223 e. The Labute approximate surface area is 203 Å². The van der Waals surface area contributed by atoms with Gasteiger partial charge < -0.3 is 35.7 Å². The van der Waals surface area contributed by atoms with Gasteiger partial charge >= 0.3 is 0 Å². The van der Waals surface area contributed by atoms with E-state index in [2.05, 4.69) is 25.2 Å². The van der Waals surface area contributed by atoms with Crippen LogP contribution < -0.4 is 21.5 Å². The number of hydrogen-bond donors (Lipinski definition) is 3. The number of nitrogens with one attached hydrogen (secondary N) is 1. The molecule has 0 saturated carbocycles. The Hall–Kier alpha value is -4.30. The first-order valence-corrected chi connectivity index (χ1v) is 11.1. The van der Waals surface area contributed by atoms with Crippen LogP contribution in [0.25, 0.3) is 11.2 Å². The van der Waals surface area contributed by atoms with Crippen molar-refractivity contribution in [1.29, 1.82) is 5.26 Å². The maximum atomic E-state index is 9.04. The zero-order valence-electron chi connectivity index (χ0n) is 20.2. The zero-order chi connectivity index (χ0) is 25.2. The third-order valence-corrected chi connectivity index (χ3v) is 5.54. The second-order valence-electron chi connectivity index (χ2n) is 8.95. The summed E-state index contributed by atoms with van der Waals surface area (Å²) in [5.74, 6) is 1.81. The van der Waals surface area contributed by atoms with Crippen LogP contribution in [0.15, 0.2) is 48.5 Å². The molecule has 0 aliphatic carbocycles. The quantitative estimate of drug-likeness (QED) is 0.453. The molecular formula is C24H29N9O2. The molecule has 0 unspecified atom stereocenters. The Morgan fingerprint density at radius 1 is 1.29 bits per heavy atom. The van der Waals surface area contributed by atoms with Crippen molar-refractivity contribution < 1.29 is 9.47 Å². The highest BCUT2D eigenvalue weighted by Gasteiger charge is 2.27. The van der Waals surface area contributed by atoms with E-state index in [1.54, 1.807) is 35.2 Å². The van der Waals surface area contributed by atoms with Gasteiger partial charge in [-0.2, -0.15) is 10.2 Å². The van der Waals surface area contributed by atoms with Crippen LogP contribution in [0.2, 0.25) is 0 Å². The molecule has 0 aromatic carbocycles.